The van der Waals surface area contributed by atoms with Gasteiger partial charge in [0, 0.05) is 28.5 Å². The number of hydrogen-bond donors (Lipinski definition) is 1. The van der Waals surface area contributed by atoms with Crippen molar-refractivity contribution < 1.29 is 4.79 Å². The van der Waals surface area contributed by atoms with Crippen LogP contribution in [0.1, 0.15) is 62.6 Å². The SMILES string of the molecule is CC(c1ccc(Cl)cc1Cl)n1ncc2ccc(C3=CCN(C(=O)C4(N)CCCCC4)CC3)cc21. The lowest BCUT2D eigenvalue weighted by molar-refractivity contribution is -0.137. The topological polar surface area (TPSA) is 64.2 Å². The summed E-state index contributed by atoms with van der Waals surface area (Å²) in [5.41, 5.74) is 10.3. The van der Waals surface area contributed by atoms with Gasteiger partial charge in [0.05, 0.1) is 23.3 Å². The average molecular weight is 497 g/mol. The van der Waals surface area contributed by atoms with Crippen LogP contribution in [0.25, 0.3) is 16.5 Å². The van der Waals surface area contributed by atoms with Gasteiger partial charge >= 0.3 is 0 Å². The lowest BCUT2D eigenvalue weighted by atomic mass is 9.81. The molecule has 2 aromatic carbocycles. The maximum Gasteiger partial charge on any atom is 0.242 e. The van der Waals surface area contributed by atoms with Gasteiger partial charge in [-0.25, -0.2) is 0 Å². The second kappa shape index (κ2) is 9.37. The summed E-state index contributed by atoms with van der Waals surface area (Å²) in [4.78, 5) is 15.0. The van der Waals surface area contributed by atoms with Crippen LogP contribution in [0.2, 0.25) is 10.0 Å². The predicted molar refractivity (Wildman–Crippen MR) is 139 cm³/mol. The van der Waals surface area contributed by atoms with Crippen LogP contribution in [-0.2, 0) is 4.79 Å². The molecule has 5 nitrogen and oxygen atoms in total. The first-order chi connectivity index (χ1) is 16.4. The molecule has 2 aliphatic rings. The fraction of sp³-hybridized carbons (Fsp3) is 0.407. The summed E-state index contributed by atoms with van der Waals surface area (Å²) in [5.74, 6) is 0.115. The van der Waals surface area contributed by atoms with E-state index in [0.717, 1.165) is 54.1 Å². The van der Waals surface area contributed by atoms with Crippen LogP contribution in [0.3, 0.4) is 0 Å². The van der Waals surface area contributed by atoms with Crippen molar-refractivity contribution in [2.75, 3.05) is 13.1 Å². The fourth-order valence-corrected chi connectivity index (χ4v) is 5.91. The predicted octanol–water partition coefficient (Wildman–Crippen LogP) is 6.23. The van der Waals surface area contributed by atoms with Gasteiger partial charge in [-0.2, -0.15) is 5.10 Å². The van der Waals surface area contributed by atoms with E-state index in [1.807, 2.05) is 27.9 Å². The van der Waals surface area contributed by atoms with E-state index in [4.69, 9.17) is 28.9 Å². The van der Waals surface area contributed by atoms with Gasteiger partial charge in [-0.05, 0) is 61.1 Å². The smallest absolute Gasteiger partial charge is 0.242 e. The molecule has 0 radical (unpaired) electrons. The van der Waals surface area contributed by atoms with Gasteiger partial charge in [0.15, 0.2) is 0 Å². The van der Waals surface area contributed by atoms with Crippen molar-refractivity contribution in [1.29, 1.82) is 0 Å². The normalized spacial score (nSPS) is 19.2. The molecule has 1 atom stereocenters. The van der Waals surface area contributed by atoms with E-state index in [1.165, 1.54) is 12.0 Å². The minimum Gasteiger partial charge on any atom is -0.337 e. The molecule has 5 rings (SSSR count). The maximum absolute atomic E-state index is 13.1. The number of halogens is 2. The number of rotatable bonds is 4. The Balaban J connectivity index is 1.38. The molecule has 1 aromatic heterocycles. The highest BCUT2D eigenvalue weighted by atomic mass is 35.5. The third kappa shape index (κ3) is 4.37. The van der Waals surface area contributed by atoms with Gasteiger partial charge in [0.1, 0.15) is 0 Å². The van der Waals surface area contributed by atoms with E-state index in [-0.39, 0.29) is 11.9 Å². The second-order valence-electron chi connectivity index (χ2n) is 9.65. The minimum atomic E-state index is -0.673. The minimum absolute atomic E-state index is 0.0396. The molecule has 1 fully saturated rings. The van der Waals surface area contributed by atoms with Gasteiger partial charge < -0.3 is 10.6 Å². The number of amides is 1. The van der Waals surface area contributed by atoms with Crippen LogP contribution >= 0.6 is 23.2 Å². The molecule has 0 spiro atoms. The summed E-state index contributed by atoms with van der Waals surface area (Å²) >= 11 is 12.6. The molecule has 1 amide bonds. The van der Waals surface area contributed by atoms with Gasteiger partial charge in [0.2, 0.25) is 5.91 Å². The number of carbonyl (C=O) groups excluding carboxylic acids is 1. The van der Waals surface area contributed by atoms with Crippen molar-refractivity contribution >= 4 is 45.6 Å². The van der Waals surface area contributed by atoms with Crippen LogP contribution in [0.15, 0.2) is 48.7 Å². The summed E-state index contributed by atoms with van der Waals surface area (Å²) in [7, 11) is 0. The molecule has 2 heterocycles. The molecular formula is C27H30Cl2N4O. The number of nitrogens with two attached hydrogens (primary N) is 1. The van der Waals surface area contributed by atoms with E-state index in [2.05, 4.69) is 36.3 Å². The van der Waals surface area contributed by atoms with Gasteiger partial charge in [-0.1, -0.05) is 66.7 Å². The molecule has 178 valence electrons. The van der Waals surface area contributed by atoms with E-state index < -0.39 is 5.54 Å². The highest BCUT2D eigenvalue weighted by molar-refractivity contribution is 6.35. The number of hydrogen-bond acceptors (Lipinski definition) is 3. The van der Waals surface area contributed by atoms with Crippen LogP contribution in [-0.4, -0.2) is 39.2 Å². The number of carbonyl (C=O) groups is 1. The third-order valence-corrected chi connectivity index (χ3v) is 7.98. The maximum atomic E-state index is 13.1. The lowest BCUT2D eigenvalue weighted by Gasteiger charge is -2.38. The summed E-state index contributed by atoms with van der Waals surface area (Å²) < 4.78 is 2.01. The van der Waals surface area contributed by atoms with Gasteiger partial charge in [0.25, 0.3) is 0 Å². The molecular weight excluding hydrogens is 467 g/mol. The molecule has 0 saturated heterocycles. The zero-order valence-corrected chi connectivity index (χ0v) is 20.9. The van der Waals surface area contributed by atoms with Crippen LogP contribution in [0, 0.1) is 0 Å². The Morgan fingerprint density at radius 3 is 2.62 bits per heavy atom. The first-order valence-corrected chi connectivity index (χ1v) is 12.8. The first kappa shape index (κ1) is 23.4. The summed E-state index contributed by atoms with van der Waals surface area (Å²) in [6.45, 7) is 3.41. The Kier molecular flexibility index (Phi) is 6.45. The number of benzene rings is 2. The molecule has 34 heavy (non-hydrogen) atoms. The zero-order valence-electron chi connectivity index (χ0n) is 19.4. The van der Waals surface area contributed by atoms with Crippen molar-refractivity contribution in [2.24, 2.45) is 5.73 Å². The van der Waals surface area contributed by atoms with Crippen molar-refractivity contribution in [1.82, 2.24) is 14.7 Å². The quantitative estimate of drug-likeness (QED) is 0.465. The Morgan fingerprint density at radius 1 is 1.12 bits per heavy atom. The number of fused-ring (bicyclic) bond motifs is 1. The second-order valence-corrected chi connectivity index (χ2v) is 10.5. The molecule has 1 unspecified atom stereocenters. The number of aromatic nitrogens is 2. The third-order valence-electron chi connectivity index (χ3n) is 7.42. The highest BCUT2D eigenvalue weighted by Gasteiger charge is 2.38. The molecule has 3 aromatic rings. The molecule has 7 heteroatoms. The zero-order chi connectivity index (χ0) is 23.9. The Hall–Kier alpha value is -2.34. The molecule has 1 aliphatic heterocycles. The summed E-state index contributed by atoms with van der Waals surface area (Å²) in [6, 6.07) is 12.0. The fourth-order valence-electron chi connectivity index (χ4n) is 5.35. The Morgan fingerprint density at radius 2 is 1.91 bits per heavy atom. The average Bonchev–Trinajstić information content (AvgIpc) is 3.27. The summed E-state index contributed by atoms with van der Waals surface area (Å²) in [5, 5.41) is 6.99. The van der Waals surface area contributed by atoms with Crippen molar-refractivity contribution in [3.05, 3.63) is 69.8 Å². The van der Waals surface area contributed by atoms with Crippen molar-refractivity contribution in [3.63, 3.8) is 0 Å². The van der Waals surface area contributed by atoms with Crippen LogP contribution < -0.4 is 5.73 Å². The lowest BCUT2D eigenvalue weighted by Crippen LogP contribution is -2.56. The van der Waals surface area contributed by atoms with E-state index in [0.29, 0.717) is 23.1 Å². The van der Waals surface area contributed by atoms with Gasteiger partial charge in [-0.3, -0.25) is 9.48 Å². The molecule has 0 bridgehead atoms. The Bertz CT molecular complexity index is 1260. The van der Waals surface area contributed by atoms with Gasteiger partial charge in [-0.15, -0.1) is 0 Å². The van der Waals surface area contributed by atoms with E-state index in [9.17, 15) is 4.79 Å². The molecule has 2 N–H and O–H groups in total. The highest BCUT2D eigenvalue weighted by Crippen LogP contribution is 2.33. The van der Waals surface area contributed by atoms with Crippen molar-refractivity contribution in [2.45, 2.75) is 57.0 Å². The van der Waals surface area contributed by atoms with E-state index >= 15 is 0 Å². The number of nitrogens with zero attached hydrogens (tertiary/aromatic N) is 3. The van der Waals surface area contributed by atoms with Crippen LogP contribution in [0.5, 0.6) is 0 Å². The van der Waals surface area contributed by atoms with Crippen LogP contribution in [0.4, 0.5) is 0 Å². The first-order valence-electron chi connectivity index (χ1n) is 12.1. The molecule has 1 aliphatic carbocycles. The largest absolute Gasteiger partial charge is 0.337 e. The Labute approximate surface area is 210 Å². The van der Waals surface area contributed by atoms with E-state index in [1.54, 1.807) is 6.07 Å². The van der Waals surface area contributed by atoms with Crippen molar-refractivity contribution in [3.8, 4) is 0 Å². The molecule has 1 saturated carbocycles. The summed E-state index contributed by atoms with van der Waals surface area (Å²) in [6.07, 6.45) is 9.76. The standard InChI is InChI=1S/C27H30Cl2N4O/c1-18(23-8-7-22(28)16-24(23)29)33-25-15-20(5-6-21(25)17-31-33)19-9-13-32(14-10-19)26(34)27(30)11-3-2-4-12-27/h5-9,15-18H,2-4,10-14,30H2,1H3. The monoisotopic (exact) mass is 496 g/mol.